The van der Waals surface area contributed by atoms with Gasteiger partial charge in [-0.15, -0.1) is 0 Å². The molecule has 0 aromatic carbocycles. The Morgan fingerprint density at radius 3 is 3.17 bits per heavy atom. The van der Waals surface area contributed by atoms with Gasteiger partial charge in [0.2, 0.25) is 0 Å². The Labute approximate surface area is 108 Å². The molecule has 1 aromatic heterocycles. The predicted octanol–water partition coefficient (Wildman–Crippen LogP) is 1.08. The molecule has 0 bridgehead atoms. The highest BCUT2D eigenvalue weighted by Gasteiger charge is 2.18. The van der Waals surface area contributed by atoms with Crippen molar-refractivity contribution >= 4 is 5.91 Å². The van der Waals surface area contributed by atoms with Crippen molar-refractivity contribution in [1.82, 2.24) is 20.4 Å². The van der Waals surface area contributed by atoms with E-state index in [9.17, 15) is 4.79 Å². The molecule has 0 aliphatic carbocycles. The van der Waals surface area contributed by atoms with Gasteiger partial charge in [-0.3, -0.25) is 9.48 Å². The second kappa shape index (κ2) is 6.00. The Morgan fingerprint density at radius 2 is 2.39 bits per heavy atom. The maximum atomic E-state index is 12.2. The Kier molecular flexibility index (Phi) is 4.36. The lowest BCUT2D eigenvalue weighted by atomic mass is 10.1. The van der Waals surface area contributed by atoms with Crippen molar-refractivity contribution in [3.63, 3.8) is 0 Å². The van der Waals surface area contributed by atoms with Crippen LogP contribution in [0.15, 0.2) is 6.07 Å². The molecule has 0 saturated carbocycles. The van der Waals surface area contributed by atoms with Crippen molar-refractivity contribution in [3.05, 3.63) is 17.5 Å². The van der Waals surface area contributed by atoms with Crippen molar-refractivity contribution in [3.8, 4) is 0 Å². The Morgan fingerprint density at radius 1 is 1.56 bits per heavy atom. The normalized spacial score (nSPS) is 20.4. The fourth-order valence-corrected chi connectivity index (χ4v) is 2.39. The number of carbonyl (C=O) groups is 1. The predicted molar refractivity (Wildman–Crippen MR) is 70.6 cm³/mol. The molecule has 2 rings (SSSR count). The van der Waals surface area contributed by atoms with E-state index in [1.165, 1.54) is 0 Å². The summed E-state index contributed by atoms with van der Waals surface area (Å²) in [6.45, 7) is 6.68. The third-order valence-corrected chi connectivity index (χ3v) is 3.35. The molecular formula is C13H22N4O. The molecular weight excluding hydrogens is 228 g/mol. The van der Waals surface area contributed by atoms with Crippen LogP contribution in [0.1, 0.15) is 42.4 Å². The number of aromatic nitrogens is 2. The fourth-order valence-electron chi connectivity index (χ4n) is 2.39. The zero-order valence-corrected chi connectivity index (χ0v) is 11.2. The van der Waals surface area contributed by atoms with E-state index < -0.39 is 0 Å². The first-order chi connectivity index (χ1) is 8.70. The lowest BCUT2D eigenvalue weighted by molar-refractivity contribution is 0.0923. The number of amides is 1. The average molecular weight is 250 g/mol. The van der Waals surface area contributed by atoms with Gasteiger partial charge in [0.15, 0.2) is 0 Å². The van der Waals surface area contributed by atoms with Crippen LogP contribution in [-0.4, -0.2) is 34.8 Å². The molecule has 2 heterocycles. The molecule has 18 heavy (non-hydrogen) atoms. The second-order valence-corrected chi connectivity index (χ2v) is 4.84. The number of nitrogens with one attached hydrogen (secondary N) is 2. The molecule has 5 nitrogen and oxygen atoms in total. The number of hydrogen-bond acceptors (Lipinski definition) is 3. The van der Waals surface area contributed by atoms with E-state index in [2.05, 4.69) is 15.7 Å². The van der Waals surface area contributed by atoms with Crippen LogP contribution in [-0.2, 0) is 6.54 Å². The minimum atomic E-state index is 0.00403. The maximum absolute atomic E-state index is 12.2. The van der Waals surface area contributed by atoms with Gasteiger partial charge >= 0.3 is 0 Å². The molecule has 0 radical (unpaired) electrons. The highest BCUT2D eigenvalue weighted by Crippen LogP contribution is 2.08. The Hall–Kier alpha value is -1.36. The van der Waals surface area contributed by atoms with Gasteiger partial charge in [-0.1, -0.05) is 0 Å². The Balaban J connectivity index is 2.01. The fraction of sp³-hybridized carbons (Fsp3) is 0.692. The van der Waals surface area contributed by atoms with E-state index in [1.807, 2.05) is 19.9 Å². The molecule has 1 atom stereocenters. The molecule has 0 spiro atoms. The van der Waals surface area contributed by atoms with E-state index in [0.717, 1.165) is 44.6 Å². The van der Waals surface area contributed by atoms with Gasteiger partial charge in [-0.2, -0.15) is 5.10 Å². The number of carbonyl (C=O) groups excluding carboxylic acids is 1. The lowest BCUT2D eigenvalue weighted by Gasteiger charge is -2.16. The summed E-state index contributed by atoms with van der Waals surface area (Å²) in [6, 6.07) is 2.14. The van der Waals surface area contributed by atoms with Crippen LogP contribution in [0.5, 0.6) is 0 Å². The number of hydrogen-bond donors (Lipinski definition) is 2. The SMILES string of the molecule is CCn1nc(C)cc1C(=O)NC1CCCNCC1. The minimum Gasteiger partial charge on any atom is -0.348 e. The molecule has 1 fully saturated rings. The van der Waals surface area contributed by atoms with Gasteiger partial charge in [0, 0.05) is 12.6 Å². The standard InChI is InChI=1S/C13H22N4O/c1-3-17-12(9-10(2)16-17)13(18)15-11-5-4-7-14-8-6-11/h9,11,14H,3-8H2,1-2H3,(H,15,18). The van der Waals surface area contributed by atoms with Crippen LogP contribution < -0.4 is 10.6 Å². The first-order valence-corrected chi connectivity index (χ1v) is 6.76. The van der Waals surface area contributed by atoms with E-state index in [4.69, 9.17) is 0 Å². The van der Waals surface area contributed by atoms with E-state index in [1.54, 1.807) is 4.68 Å². The molecule has 1 aliphatic rings. The maximum Gasteiger partial charge on any atom is 0.269 e. The first kappa shape index (κ1) is 13.1. The van der Waals surface area contributed by atoms with Crippen LogP contribution in [0.4, 0.5) is 0 Å². The van der Waals surface area contributed by atoms with Crippen molar-refractivity contribution in [2.75, 3.05) is 13.1 Å². The summed E-state index contributed by atoms with van der Waals surface area (Å²) in [6.07, 6.45) is 3.18. The summed E-state index contributed by atoms with van der Waals surface area (Å²) in [7, 11) is 0. The number of nitrogens with zero attached hydrogens (tertiary/aromatic N) is 2. The van der Waals surface area contributed by atoms with E-state index >= 15 is 0 Å². The zero-order valence-electron chi connectivity index (χ0n) is 11.2. The summed E-state index contributed by atoms with van der Waals surface area (Å²) in [5, 5.41) is 10.8. The van der Waals surface area contributed by atoms with Crippen LogP contribution >= 0.6 is 0 Å². The van der Waals surface area contributed by atoms with Crippen LogP contribution in [0.2, 0.25) is 0 Å². The topological polar surface area (TPSA) is 59.0 Å². The molecule has 2 N–H and O–H groups in total. The molecule has 5 heteroatoms. The van der Waals surface area contributed by atoms with Crippen LogP contribution in [0.25, 0.3) is 0 Å². The molecule has 1 aromatic rings. The molecule has 1 aliphatic heterocycles. The van der Waals surface area contributed by atoms with Gasteiger partial charge in [-0.25, -0.2) is 0 Å². The van der Waals surface area contributed by atoms with Crippen LogP contribution in [0.3, 0.4) is 0 Å². The largest absolute Gasteiger partial charge is 0.348 e. The summed E-state index contributed by atoms with van der Waals surface area (Å²) < 4.78 is 1.76. The average Bonchev–Trinajstić information content (AvgIpc) is 2.57. The van der Waals surface area contributed by atoms with Crippen molar-refractivity contribution in [2.24, 2.45) is 0 Å². The third kappa shape index (κ3) is 3.10. The highest BCUT2D eigenvalue weighted by molar-refractivity contribution is 5.92. The molecule has 1 saturated heterocycles. The van der Waals surface area contributed by atoms with Crippen molar-refractivity contribution in [1.29, 1.82) is 0 Å². The van der Waals surface area contributed by atoms with E-state index in [0.29, 0.717) is 5.69 Å². The lowest BCUT2D eigenvalue weighted by Crippen LogP contribution is -2.36. The van der Waals surface area contributed by atoms with Gasteiger partial charge in [-0.05, 0) is 52.3 Å². The smallest absolute Gasteiger partial charge is 0.269 e. The highest BCUT2D eigenvalue weighted by atomic mass is 16.2. The van der Waals surface area contributed by atoms with Gasteiger partial charge in [0.05, 0.1) is 5.69 Å². The monoisotopic (exact) mass is 250 g/mol. The third-order valence-electron chi connectivity index (χ3n) is 3.35. The zero-order chi connectivity index (χ0) is 13.0. The minimum absolute atomic E-state index is 0.00403. The first-order valence-electron chi connectivity index (χ1n) is 6.76. The van der Waals surface area contributed by atoms with Crippen molar-refractivity contribution in [2.45, 2.75) is 45.7 Å². The van der Waals surface area contributed by atoms with Crippen molar-refractivity contribution < 1.29 is 4.79 Å². The Bertz CT molecular complexity index is 405. The summed E-state index contributed by atoms with van der Waals surface area (Å²) >= 11 is 0. The second-order valence-electron chi connectivity index (χ2n) is 4.84. The number of aryl methyl sites for hydroxylation is 2. The van der Waals surface area contributed by atoms with Gasteiger partial charge in [0.1, 0.15) is 5.69 Å². The van der Waals surface area contributed by atoms with Gasteiger partial charge in [0.25, 0.3) is 5.91 Å². The van der Waals surface area contributed by atoms with E-state index in [-0.39, 0.29) is 11.9 Å². The summed E-state index contributed by atoms with van der Waals surface area (Å²) in [5.74, 6) is 0.00403. The summed E-state index contributed by atoms with van der Waals surface area (Å²) in [5.41, 5.74) is 1.57. The molecule has 100 valence electrons. The molecule has 1 amide bonds. The van der Waals surface area contributed by atoms with Crippen LogP contribution in [0, 0.1) is 6.92 Å². The number of rotatable bonds is 3. The molecule has 1 unspecified atom stereocenters. The van der Waals surface area contributed by atoms with Gasteiger partial charge < -0.3 is 10.6 Å². The quantitative estimate of drug-likeness (QED) is 0.844. The summed E-state index contributed by atoms with van der Waals surface area (Å²) in [4.78, 5) is 12.2.